The van der Waals surface area contributed by atoms with E-state index in [1.165, 1.54) is 6.07 Å². The molecule has 0 bridgehead atoms. The van der Waals surface area contributed by atoms with Crippen molar-refractivity contribution in [3.63, 3.8) is 0 Å². The van der Waals surface area contributed by atoms with Crippen molar-refractivity contribution >= 4 is 51.5 Å². The molecule has 1 aliphatic rings. The summed E-state index contributed by atoms with van der Waals surface area (Å²) in [6.07, 6.45) is -2.54. The fraction of sp³-hybridized carbons (Fsp3) is 0.278. The number of hydrogen-bond donors (Lipinski definition) is 1. The zero-order chi connectivity index (χ0) is 18.9. The molecule has 0 atom stereocenters. The van der Waals surface area contributed by atoms with Crippen LogP contribution in [-0.4, -0.2) is 19.0 Å². The van der Waals surface area contributed by atoms with Crippen LogP contribution in [0.3, 0.4) is 0 Å². The number of nitrogens with zero attached hydrogens (tertiary/aromatic N) is 1. The molecule has 2 aromatic rings. The molecule has 1 heterocycles. The summed E-state index contributed by atoms with van der Waals surface area (Å²) in [5, 5.41) is 2.86. The monoisotopic (exact) mass is 494 g/mol. The summed E-state index contributed by atoms with van der Waals surface area (Å²) < 4.78 is 40.1. The maximum atomic E-state index is 13.1. The Kier molecular flexibility index (Phi) is 5.67. The Balaban J connectivity index is 1.98. The average molecular weight is 495 g/mol. The molecule has 1 fully saturated rings. The van der Waals surface area contributed by atoms with Gasteiger partial charge in [0, 0.05) is 16.7 Å². The van der Waals surface area contributed by atoms with E-state index in [1.54, 1.807) is 18.2 Å². The van der Waals surface area contributed by atoms with Gasteiger partial charge in [-0.2, -0.15) is 13.2 Å². The molecule has 1 aliphatic heterocycles. The van der Waals surface area contributed by atoms with E-state index in [1.807, 2.05) is 27.5 Å². The van der Waals surface area contributed by atoms with E-state index >= 15 is 0 Å². The van der Waals surface area contributed by atoms with E-state index in [0.717, 1.165) is 41.6 Å². The van der Waals surface area contributed by atoms with Gasteiger partial charge in [0.2, 0.25) is 0 Å². The normalized spacial score (nSPS) is 14.6. The summed E-state index contributed by atoms with van der Waals surface area (Å²) >= 11 is 8.12. The number of carbonyl (C=O) groups excluding carboxylic acids is 1. The van der Waals surface area contributed by atoms with E-state index in [4.69, 9.17) is 11.6 Å². The third-order valence-electron chi connectivity index (χ3n) is 4.19. The number of halogens is 5. The molecule has 0 saturated carbocycles. The van der Waals surface area contributed by atoms with Crippen molar-refractivity contribution in [3.05, 3.63) is 56.1 Å². The molecule has 138 valence electrons. The molecule has 1 saturated heterocycles. The molecule has 3 rings (SSSR count). The van der Waals surface area contributed by atoms with Crippen LogP contribution in [0.25, 0.3) is 0 Å². The van der Waals surface area contributed by atoms with Gasteiger partial charge in [-0.15, -0.1) is 0 Å². The van der Waals surface area contributed by atoms with Crippen molar-refractivity contribution in [1.29, 1.82) is 0 Å². The average Bonchev–Trinajstić information content (AvgIpc) is 3.10. The fourth-order valence-electron chi connectivity index (χ4n) is 2.91. The third kappa shape index (κ3) is 4.25. The van der Waals surface area contributed by atoms with Crippen LogP contribution in [0.1, 0.15) is 28.8 Å². The fourth-order valence-corrected chi connectivity index (χ4v) is 3.60. The van der Waals surface area contributed by atoms with Crippen molar-refractivity contribution in [2.45, 2.75) is 19.0 Å². The van der Waals surface area contributed by atoms with Gasteiger partial charge in [-0.25, -0.2) is 0 Å². The molecule has 8 heteroatoms. The van der Waals surface area contributed by atoms with Crippen LogP contribution in [0, 0.1) is 3.57 Å². The Morgan fingerprint density at radius 1 is 1.12 bits per heavy atom. The first kappa shape index (κ1) is 19.3. The van der Waals surface area contributed by atoms with E-state index in [-0.39, 0.29) is 16.3 Å². The topological polar surface area (TPSA) is 32.3 Å². The molecule has 1 amide bonds. The molecule has 1 N–H and O–H groups in total. The molecule has 0 spiro atoms. The highest BCUT2D eigenvalue weighted by Gasteiger charge is 2.32. The molecule has 0 radical (unpaired) electrons. The highest BCUT2D eigenvalue weighted by Crippen LogP contribution is 2.37. The first-order chi connectivity index (χ1) is 12.3. The quantitative estimate of drug-likeness (QED) is 0.546. The van der Waals surface area contributed by atoms with Gasteiger partial charge in [0.05, 0.1) is 27.5 Å². The number of anilines is 2. The number of rotatable bonds is 3. The lowest BCUT2D eigenvalue weighted by Crippen LogP contribution is -2.22. The lowest BCUT2D eigenvalue weighted by atomic mass is 10.1. The van der Waals surface area contributed by atoms with Crippen LogP contribution < -0.4 is 10.2 Å². The van der Waals surface area contributed by atoms with Crippen molar-refractivity contribution < 1.29 is 18.0 Å². The van der Waals surface area contributed by atoms with Gasteiger partial charge in [-0.05, 0) is 71.8 Å². The largest absolute Gasteiger partial charge is 0.416 e. The second-order valence-corrected chi connectivity index (χ2v) is 7.65. The van der Waals surface area contributed by atoms with Gasteiger partial charge < -0.3 is 10.2 Å². The first-order valence-corrected chi connectivity index (χ1v) is 9.44. The number of benzene rings is 2. The van der Waals surface area contributed by atoms with Crippen LogP contribution in [0.5, 0.6) is 0 Å². The Labute approximate surface area is 167 Å². The first-order valence-electron chi connectivity index (χ1n) is 7.98. The molecule has 26 heavy (non-hydrogen) atoms. The number of amides is 1. The van der Waals surface area contributed by atoms with Gasteiger partial charge in [0.15, 0.2) is 0 Å². The molecular weight excluding hydrogens is 480 g/mol. The highest BCUT2D eigenvalue weighted by atomic mass is 127. The maximum Gasteiger partial charge on any atom is 0.416 e. The highest BCUT2D eigenvalue weighted by molar-refractivity contribution is 14.1. The summed E-state index contributed by atoms with van der Waals surface area (Å²) in [6, 6.07) is 8.38. The van der Waals surface area contributed by atoms with E-state index < -0.39 is 17.6 Å². The van der Waals surface area contributed by atoms with Gasteiger partial charge in [0.1, 0.15) is 0 Å². The minimum absolute atomic E-state index is 0.140. The summed E-state index contributed by atoms with van der Waals surface area (Å²) in [5.74, 6) is -0.534. The number of alkyl halides is 3. The molecule has 3 nitrogen and oxygen atoms in total. The predicted octanol–water partition coefficient (Wildman–Crippen LogP) is 5.82. The van der Waals surface area contributed by atoms with Crippen molar-refractivity contribution in [1.82, 2.24) is 0 Å². The zero-order valence-corrected chi connectivity index (χ0v) is 16.5. The SMILES string of the molecule is O=C(Nc1cc(C(F)(F)F)ccc1N1CCCC1)c1cc(I)ccc1Cl. The van der Waals surface area contributed by atoms with Crippen LogP contribution >= 0.6 is 34.2 Å². The molecule has 0 aliphatic carbocycles. The van der Waals surface area contributed by atoms with Crippen molar-refractivity contribution in [2.24, 2.45) is 0 Å². The van der Waals surface area contributed by atoms with Crippen LogP contribution in [0.4, 0.5) is 24.5 Å². The Hall–Kier alpha value is -1.48. The van der Waals surface area contributed by atoms with Gasteiger partial charge in [-0.1, -0.05) is 11.6 Å². The maximum absolute atomic E-state index is 13.1. The van der Waals surface area contributed by atoms with E-state index in [9.17, 15) is 18.0 Å². The third-order valence-corrected chi connectivity index (χ3v) is 5.19. The van der Waals surface area contributed by atoms with Crippen LogP contribution in [0.15, 0.2) is 36.4 Å². The summed E-state index contributed by atoms with van der Waals surface area (Å²) in [6.45, 7) is 1.50. The number of carbonyl (C=O) groups is 1. The lowest BCUT2D eigenvalue weighted by molar-refractivity contribution is -0.137. The second kappa shape index (κ2) is 7.64. The summed E-state index contributed by atoms with van der Waals surface area (Å²) in [7, 11) is 0. The minimum Gasteiger partial charge on any atom is -0.370 e. The summed E-state index contributed by atoms with van der Waals surface area (Å²) in [4.78, 5) is 14.6. The number of nitrogens with one attached hydrogen (secondary N) is 1. The van der Waals surface area contributed by atoms with Crippen LogP contribution in [-0.2, 0) is 6.18 Å². The van der Waals surface area contributed by atoms with Gasteiger partial charge >= 0.3 is 6.18 Å². The van der Waals surface area contributed by atoms with Gasteiger partial charge in [0.25, 0.3) is 5.91 Å². The Morgan fingerprint density at radius 2 is 1.81 bits per heavy atom. The molecule has 2 aromatic carbocycles. The molecule has 0 aromatic heterocycles. The molecular formula is C18H15ClF3IN2O. The van der Waals surface area contributed by atoms with Crippen molar-refractivity contribution in [3.8, 4) is 0 Å². The second-order valence-electron chi connectivity index (χ2n) is 6.00. The van der Waals surface area contributed by atoms with E-state index in [0.29, 0.717) is 5.69 Å². The lowest BCUT2D eigenvalue weighted by Gasteiger charge is -2.23. The van der Waals surface area contributed by atoms with E-state index in [2.05, 4.69) is 5.32 Å². The zero-order valence-electron chi connectivity index (χ0n) is 13.5. The minimum atomic E-state index is -4.48. The predicted molar refractivity (Wildman–Crippen MR) is 105 cm³/mol. The van der Waals surface area contributed by atoms with Crippen LogP contribution in [0.2, 0.25) is 5.02 Å². The van der Waals surface area contributed by atoms with Gasteiger partial charge in [-0.3, -0.25) is 4.79 Å². The Bertz CT molecular complexity index is 836. The number of hydrogen-bond acceptors (Lipinski definition) is 2. The standard InChI is InChI=1S/C18H15ClF3IN2O/c19-14-5-4-12(23)10-13(14)17(26)24-15-9-11(18(20,21)22)3-6-16(15)25-7-1-2-8-25/h3-6,9-10H,1-2,7-8H2,(H,24,26). The Morgan fingerprint density at radius 3 is 2.46 bits per heavy atom. The molecule has 0 unspecified atom stereocenters. The van der Waals surface area contributed by atoms with Crippen molar-refractivity contribution in [2.75, 3.05) is 23.3 Å². The smallest absolute Gasteiger partial charge is 0.370 e. The summed E-state index contributed by atoms with van der Waals surface area (Å²) in [5.41, 5.74) is 0.153.